The van der Waals surface area contributed by atoms with E-state index in [0.29, 0.717) is 22.9 Å². The smallest absolute Gasteiger partial charge is 0.251 e. The molecule has 7 nitrogen and oxygen atoms in total. The summed E-state index contributed by atoms with van der Waals surface area (Å²) in [7, 11) is 1.61. The number of ether oxygens (including phenoxy) is 2. The lowest BCUT2D eigenvalue weighted by Gasteiger charge is -2.17. The fourth-order valence-corrected chi connectivity index (χ4v) is 4.11. The number of rotatable bonds is 5. The van der Waals surface area contributed by atoms with Crippen molar-refractivity contribution in [1.29, 1.82) is 0 Å². The third-order valence-electron chi connectivity index (χ3n) is 6.10. The third-order valence-corrected chi connectivity index (χ3v) is 6.10. The SMILES string of the molecule is CNC(=O)c1cccc(-c2ccc(NC(=O)C3(c4ccc5c(c4)OCO5)CC3)nc2C)c1.[HH]. The minimum atomic E-state index is -0.558. The monoisotopic (exact) mass is 431 g/mol. The number of nitrogens with zero attached hydrogens (tertiary/aromatic N) is 1. The molecule has 0 unspecified atom stereocenters. The highest BCUT2D eigenvalue weighted by Gasteiger charge is 2.51. The highest BCUT2D eigenvalue weighted by Crippen LogP contribution is 2.51. The van der Waals surface area contributed by atoms with Crippen molar-refractivity contribution >= 4 is 17.6 Å². The maximum atomic E-state index is 13.1. The van der Waals surface area contributed by atoms with Crippen molar-refractivity contribution in [3.63, 3.8) is 0 Å². The summed E-state index contributed by atoms with van der Waals surface area (Å²) in [5, 5.41) is 5.62. The highest BCUT2D eigenvalue weighted by atomic mass is 16.7. The van der Waals surface area contributed by atoms with Crippen LogP contribution >= 0.6 is 0 Å². The Morgan fingerprint density at radius 3 is 2.59 bits per heavy atom. The second-order valence-corrected chi connectivity index (χ2v) is 8.09. The molecule has 0 saturated heterocycles. The van der Waals surface area contributed by atoms with Crippen molar-refractivity contribution in [2.24, 2.45) is 0 Å². The van der Waals surface area contributed by atoms with E-state index < -0.39 is 5.41 Å². The Balaban J connectivity index is 0.00000259. The van der Waals surface area contributed by atoms with Crippen molar-refractivity contribution in [2.75, 3.05) is 19.2 Å². The van der Waals surface area contributed by atoms with Gasteiger partial charge in [-0.05, 0) is 67.3 Å². The summed E-state index contributed by atoms with van der Waals surface area (Å²) in [4.78, 5) is 29.7. The number of fused-ring (bicyclic) bond motifs is 1. The zero-order valence-electron chi connectivity index (χ0n) is 17.9. The Hall–Kier alpha value is -3.87. The van der Waals surface area contributed by atoms with Crippen molar-refractivity contribution in [3.05, 3.63) is 71.4 Å². The third kappa shape index (κ3) is 3.45. The van der Waals surface area contributed by atoms with Crippen LogP contribution in [-0.4, -0.2) is 30.6 Å². The Bertz CT molecular complexity index is 1240. The minimum absolute atomic E-state index is 0. The van der Waals surface area contributed by atoms with E-state index in [9.17, 15) is 9.59 Å². The summed E-state index contributed by atoms with van der Waals surface area (Å²) in [5.74, 6) is 1.68. The molecule has 1 aliphatic carbocycles. The fourth-order valence-electron chi connectivity index (χ4n) is 4.11. The molecular formula is C25H25N3O4. The van der Waals surface area contributed by atoms with Gasteiger partial charge in [-0.2, -0.15) is 0 Å². The number of nitrogens with one attached hydrogen (secondary N) is 2. The van der Waals surface area contributed by atoms with Gasteiger partial charge in [0.05, 0.1) is 5.41 Å². The van der Waals surface area contributed by atoms with E-state index in [-0.39, 0.29) is 20.0 Å². The first-order valence-electron chi connectivity index (χ1n) is 10.5. The van der Waals surface area contributed by atoms with Crippen molar-refractivity contribution < 1.29 is 20.5 Å². The number of aryl methyl sites for hydroxylation is 1. The van der Waals surface area contributed by atoms with Crippen molar-refractivity contribution in [3.8, 4) is 22.6 Å². The predicted molar refractivity (Wildman–Crippen MR) is 122 cm³/mol. The molecule has 2 N–H and O–H groups in total. The summed E-state index contributed by atoms with van der Waals surface area (Å²) < 4.78 is 10.8. The molecule has 2 aliphatic rings. The lowest BCUT2D eigenvalue weighted by molar-refractivity contribution is -0.118. The van der Waals surface area contributed by atoms with E-state index >= 15 is 0 Å². The molecule has 1 aromatic heterocycles. The summed E-state index contributed by atoms with van der Waals surface area (Å²) in [6.45, 7) is 2.10. The summed E-state index contributed by atoms with van der Waals surface area (Å²) >= 11 is 0. The maximum Gasteiger partial charge on any atom is 0.251 e. The molecule has 3 aromatic rings. The number of benzene rings is 2. The number of hydrogen-bond donors (Lipinski definition) is 2. The number of anilines is 1. The van der Waals surface area contributed by atoms with E-state index in [1.54, 1.807) is 19.2 Å². The lowest BCUT2D eigenvalue weighted by Crippen LogP contribution is -2.28. The van der Waals surface area contributed by atoms with Crippen LogP contribution in [0, 0.1) is 6.92 Å². The van der Waals surface area contributed by atoms with E-state index in [4.69, 9.17) is 9.47 Å². The normalized spacial score (nSPS) is 15.2. The Kier molecular flexibility index (Phi) is 4.81. The molecule has 2 amide bonds. The van der Waals surface area contributed by atoms with Crippen LogP contribution in [0.15, 0.2) is 54.6 Å². The van der Waals surface area contributed by atoms with Crippen LogP contribution in [0.2, 0.25) is 0 Å². The summed E-state index contributed by atoms with van der Waals surface area (Å²) in [5.41, 5.74) is 3.53. The topological polar surface area (TPSA) is 89.6 Å². The molecule has 0 radical (unpaired) electrons. The first-order valence-corrected chi connectivity index (χ1v) is 10.5. The van der Waals surface area contributed by atoms with Crippen LogP contribution in [0.4, 0.5) is 5.82 Å². The van der Waals surface area contributed by atoms with Crippen LogP contribution < -0.4 is 20.1 Å². The van der Waals surface area contributed by atoms with Gasteiger partial charge in [-0.15, -0.1) is 0 Å². The van der Waals surface area contributed by atoms with Crippen LogP contribution in [0.3, 0.4) is 0 Å². The van der Waals surface area contributed by atoms with E-state index in [2.05, 4.69) is 15.6 Å². The van der Waals surface area contributed by atoms with E-state index in [0.717, 1.165) is 35.2 Å². The quantitative estimate of drug-likeness (QED) is 0.636. The summed E-state index contributed by atoms with van der Waals surface area (Å²) in [6, 6.07) is 16.8. The van der Waals surface area contributed by atoms with E-state index in [1.807, 2.05) is 49.4 Å². The molecule has 0 bridgehead atoms. The second-order valence-electron chi connectivity index (χ2n) is 8.09. The van der Waals surface area contributed by atoms with Gasteiger partial charge in [0, 0.05) is 25.3 Å². The molecule has 0 atom stereocenters. The Morgan fingerprint density at radius 2 is 1.84 bits per heavy atom. The molecule has 1 saturated carbocycles. The highest BCUT2D eigenvalue weighted by molar-refractivity contribution is 6.01. The number of pyridine rings is 1. The van der Waals surface area contributed by atoms with E-state index in [1.165, 1.54) is 0 Å². The molecule has 2 aromatic carbocycles. The molecule has 0 spiro atoms. The van der Waals surface area contributed by atoms with Crippen LogP contribution in [0.25, 0.3) is 11.1 Å². The van der Waals surface area contributed by atoms with Crippen LogP contribution in [0.5, 0.6) is 11.5 Å². The largest absolute Gasteiger partial charge is 0.454 e. The number of amides is 2. The predicted octanol–water partition coefficient (Wildman–Crippen LogP) is 4.06. The molecule has 164 valence electrons. The van der Waals surface area contributed by atoms with Gasteiger partial charge >= 0.3 is 0 Å². The average molecular weight is 431 g/mol. The zero-order chi connectivity index (χ0) is 22.3. The molecule has 2 heterocycles. The molecule has 32 heavy (non-hydrogen) atoms. The van der Waals surface area contributed by atoms with Crippen molar-refractivity contribution in [2.45, 2.75) is 25.2 Å². The molecule has 1 fully saturated rings. The first-order chi connectivity index (χ1) is 15.5. The number of aromatic nitrogens is 1. The molecule has 1 aliphatic heterocycles. The number of hydrogen-bond acceptors (Lipinski definition) is 5. The minimum Gasteiger partial charge on any atom is -0.454 e. The van der Waals surface area contributed by atoms with Gasteiger partial charge in [-0.3, -0.25) is 9.59 Å². The average Bonchev–Trinajstić information content (AvgIpc) is 3.49. The molecular weight excluding hydrogens is 406 g/mol. The first kappa shape index (κ1) is 20.1. The van der Waals surface area contributed by atoms with Crippen LogP contribution in [-0.2, 0) is 10.2 Å². The zero-order valence-corrected chi connectivity index (χ0v) is 17.9. The summed E-state index contributed by atoms with van der Waals surface area (Å²) in [6.07, 6.45) is 1.56. The number of carbonyl (C=O) groups is 2. The fraction of sp³-hybridized carbons (Fsp3) is 0.240. The standard InChI is InChI=1S/C25H23N3O4.H2/c1-15-19(16-4-3-5-17(12-16)23(29)26-2)7-9-22(27-15)28-24(30)25(10-11-25)18-6-8-20-21(13-18)32-14-31-20;/h3-9,12-13H,10-11,14H2,1-2H3,(H,26,29)(H,27,28,30);1H. The Labute approximate surface area is 187 Å². The molecule has 7 heteroatoms. The molecule has 5 rings (SSSR count). The second kappa shape index (κ2) is 7.67. The van der Waals surface area contributed by atoms with Gasteiger partial charge in [-0.25, -0.2) is 4.98 Å². The maximum absolute atomic E-state index is 13.1. The van der Waals surface area contributed by atoms with Gasteiger partial charge in [0.25, 0.3) is 5.91 Å². The lowest BCUT2D eigenvalue weighted by atomic mass is 9.94. The van der Waals surface area contributed by atoms with Gasteiger partial charge < -0.3 is 20.1 Å². The Morgan fingerprint density at radius 1 is 1.03 bits per heavy atom. The van der Waals surface area contributed by atoms with Gasteiger partial charge in [-0.1, -0.05) is 18.2 Å². The van der Waals surface area contributed by atoms with Gasteiger partial charge in [0.15, 0.2) is 11.5 Å². The van der Waals surface area contributed by atoms with Gasteiger partial charge in [0.1, 0.15) is 5.82 Å². The van der Waals surface area contributed by atoms with Crippen LogP contribution in [0.1, 0.15) is 35.9 Å². The van der Waals surface area contributed by atoms with Gasteiger partial charge in [0.2, 0.25) is 12.7 Å². The number of carbonyl (C=O) groups excluding carboxylic acids is 2. The van der Waals surface area contributed by atoms with Crippen molar-refractivity contribution in [1.82, 2.24) is 10.3 Å².